The molecule has 0 fully saturated rings. The van der Waals surface area contributed by atoms with E-state index < -0.39 is 18.5 Å². The average molecular weight is 393 g/mol. The van der Waals surface area contributed by atoms with Gasteiger partial charge in [-0.15, -0.1) is 11.8 Å². The van der Waals surface area contributed by atoms with Crippen molar-refractivity contribution in [3.63, 3.8) is 0 Å². The molecule has 0 aliphatic heterocycles. The highest BCUT2D eigenvalue weighted by atomic mass is 35.5. The second kappa shape index (κ2) is 9.26. The van der Waals surface area contributed by atoms with E-state index in [2.05, 4.69) is 10.6 Å². The Morgan fingerprint density at radius 2 is 1.92 bits per heavy atom. The molecule has 6 nitrogen and oxygen atoms in total. The SMILES string of the molecule is CNC(=O)c1cccc(NC(=O)COC(=O)c2cc(SC)ccc2Cl)c1. The first-order valence-corrected chi connectivity index (χ1v) is 9.17. The smallest absolute Gasteiger partial charge is 0.340 e. The van der Waals surface area contributed by atoms with Crippen LogP contribution in [0.3, 0.4) is 0 Å². The van der Waals surface area contributed by atoms with Gasteiger partial charge in [-0.1, -0.05) is 17.7 Å². The fraction of sp³-hybridized carbons (Fsp3) is 0.167. The topological polar surface area (TPSA) is 84.5 Å². The zero-order valence-electron chi connectivity index (χ0n) is 14.2. The van der Waals surface area contributed by atoms with Crippen molar-refractivity contribution in [2.24, 2.45) is 0 Å². The monoisotopic (exact) mass is 392 g/mol. The summed E-state index contributed by atoms with van der Waals surface area (Å²) in [7, 11) is 1.52. The lowest BCUT2D eigenvalue weighted by atomic mass is 10.2. The van der Waals surface area contributed by atoms with E-state index in [4.69, 9.17) is 16.3 Å². The molecule has 0 spiro atoms. The molecule has 0 saturated carbocycles. The van der Waals surface area contributed by atoms with Gasteiger partial charge < -0.3 is 15.4 Å². The second-order valence-corrected chi connectivity index (χ2v) is 6.42. The minimum Gasteiger partial charge on any atom is -0.452 e. The highest BCUT2D eigenvalue weighted by molar-refractivity contribution is 7.98. The number of ether oxygens (including phenoxy) is 1. The third kappa shape index (κ3) is 5.24. The first-order chi connectivity index (χ1) is 12.4. The third-order valence-corrected chi connectivity index (χ3v) is 4.42. The van der Waals surface area contributed by atoms with Crippen LogP contribution in [0.15, 0.2) is 47.4 Å². The number of hydrogen-bond acceptors (Lipinski definition) is 5. The maximum Gasteiger partial charge on any atom is 0.340 e. The standard InChI is InChI=1S/C18H17ClN2O4S/c1-20-17(23)11-4-3-5-12(8-11)21-16(22)10-25-18(24)14-9-13(26-2)6-7-15(14)19/h3-9H,10H2,1-2H3,(H,20,23)(H,21,22). The number of rotatable bonds is 6. The van der Waals surface area contributed by atoms with Crippen molar-refractivity contribution < 1.29 is 19.1 Å². The molecule has 0 saturated heterocycles. The number of benzene rings is 2. The fourth-order valence-corrected chi connectivity index (χ4v) is 2.71. The Labute approximate surface area is 160 Å². The summed E-state index contributed by atoms with van der Waals surface area (Å²) in [5.74, 6) is -1.47. The van der Waals surface area contributed by atoms with Gasteiger partial charge in [0.15, 0.2) is 6.61 Å². The summed E-state index contributed by atoms with van der Waals surface area (Å²) < 4.78 is 5.02. The highest BCUT2D eigenvalue weighted by Crippen LogP contribution is 2.23. The van der Waals surface area contributed by atoms with Crippen molar-refractivity contribution in [1.29, 1.82) is 0 Å². The largest absolute Gasteiger partial charge is 0.452 e. The van der Waals surface area contributed by atoms with Crippen LogP contribution in [0.25, 0.3) is 0 Å². The Balaban J connectivity index is 1.97. The predicted octanol–water partition coefficient (Wildman–Crippen LogP) is 3.22. The Hall–Kier alpha value is -2.51. The van der Waals surface area contributed by atoms with Crippen molar-refractivity contribution in [3.05, 3.63) is 58.6 Å². The first kappa shape index (κ1) is 19.8. The Morgan fingerprint density at radius 1 is 1.15 bits per heavy atom. The number of nitrogens with one attached hydrogen (secondary N) is 2. The molecule has 0 aliphatic carbocycles. The van der Waals surface area contributed by atoms with Gasteiger partial charge >= 0.3 is 5.97 Å². The third-order valence-electron chi connectivity index (χ3n) is 3.36. The summed E-state index contributed by atoms with van der Waals surface area (Å²) >= 11 is 7.47. The van der Waals surface area contributed by atoms with Gasteiger partial charge in [0, 0.05) is 23.2 Å². The Morgan fingerprint density at radius 3 is 2.62 bits per heavy atom. The van der Waals surface area contributed by atoms with Gasteiger partial charge in [-0.2, -0.15) is 0 Å². The molecule has 2 aromatic rings. The van der Waals surface area contributed by atoms with Crippen molar-refractivity contribution >= 4 is 46.8 Å². The molecule has 0 heterocycles. The van der Waals surface area contributed by atoms with Gasteiger partial charge in [0.25, 0.3) is 11.8 Å². The Kier molecular flexibility index (Phi) is 7.06. The summed E-state index contributed by atoms with van der Waals surface area (Å²) in [4.78, 5) is 36.6. The number of carbonyl (C=O) groups is 3. The zero-order valence-corrected chi connectivity index (χ0v) is 15.7. The van der Waals surface area contributed by atoms with Gasteiger partial charge in [0.1, 0.15) is 0 Å². The quantitative estimate of drug-likeness (QED) is 0.582. The van der Waals surface area contributed by atoms with Crippen LogP contribution in [0.4, 0.5) is 5.69 Å². The van der Waals surface area contributed by atoms with Gasteiger partial charge in [-0.05, 0) is 42.7 Å². The molecule has 0 atom stereocenters. The molecule has 2 N–H and O–H groups in total. The summed E-state index contributed by atoms with van der Waals surface area (Å²) in [5, 5.41) is 5.33. The minimum atomic E-state index is -0.680. The second-order valence-electron chi connectivity index (χ2n) is 5.13. The number of anilines is 1. The molecule has 0 aromatic heterocycles. The lowest BCUT2D eigenvalue weighted by Crippen LogP contribution is -2.22. The van der Waals surface area contributed by atoms with Crippen LogP contribution in [0, 0.1) is 0 Å². The molecule has 136 valence electrons. The highest BCUT2D eigenvalue weighted by Gasteiger charge is 2.15. The van der Waals surface area contributed by atoms with Crippen molar-refractivity contribution in [3.8, 4) is 0 Å². The maximum absolute atomic E-state index is 12.1. The number of thioether (sulfide) groups is 1. The molecule has 0 bridgehead atoms. The molecule has 2 aromatic carbocycles. The van der Waals surface area contributed by atoms with Crippen LogP contribution >= 0.6 is 23.4 Å². The molecule has 0 radical (unpaired) electrons. The van der Waals surface area contributed by atoms with Gasteiger partial charge in [-0.3, -0.25) is 9.59 Å². The summed E-state index contributed by atoms with van der Waals surface area (Å²) in [6, 6.07) is 11.4. The van der Waals surface area contributed by atoms with Crippen LogP contribution in [0.1, 0.15) is 20.7 Å². The molecule has 2 amide bonds. The fourth-order valence-electron chi connectivity index (χ4n) is 2.08. The molecular weight excluding hydrogens is 376 g/mol. The normalized spacial score (nSPS) is 10.1. The molecular formula is C18H17ClN2O4S. The maximum atomic E-state index is 12.1. The first-order valence-electron chi connectivity index (χ1n) is 7.57. The average Bonchev–Trinajstić information content (AvgIpc) is 2.66. The van der Waals surface area contributed by atoms with Crippen LogP contribution < -0.4 is 10.6 Å². The molecule has 8 heteroatoms. The van der Waals surface area contributed by atoms with E-state index in [9.17, 15) is 14.4 Å². The zero-order chi connectivity index (χ0) is 19.1. The molecule has 0 aliphatic rings. The number of halogens is 1. The van der Waals surface area contributed by atoms with Gasteiger partial charge in [-0.25, -0.2) is 4.79 Å². The van der Waals surface area contributed by atoms with E-state index in [1.54, 1.807) is 36.4 Å². The molecule has 26 heavy (non-hydrogen) atoms. The minimum absolute atomic E-state index is 0.202. The summed E-state index contributed by atoms with van der Waals surface area (Å²) in [5.41, 5.74) is 1.03. The lowest BCUT2D eigenvalue weighted by molar-refractivity contribution is -0.119. The lowest BCUT2D eigenvalue weighted by Gasteiger charge is -2.09. The van der Waals surface area contributed by atoms with Crippen molar-refractivity contribution in [1.82, 2.24) is 5.32 Å². The van der Waals surface area contributed by atoms with Gasteiger partial charge in [0.05, 0.1) is 10.6 Å². The van der Waals surface area contributed by atoms with E-state index in [1.165, 1.54) is 24.9 Å². The number of esters is 1. The van der Waals surface area contributed by atoms with E-state index >= 15 is 0 Å². The predicted molar refractivity (Wildman–Crippen MR) is 102 cm³/mol. The van der Waals surface area contributed by atoms with Gasteiger partial charge in [0.2, 0.25) is 0 Å². The van der Waals surface area contributed by atoms with Crippen molar-refractivity contribution in [2.75, 3.05) is 25.2 Å². The van der Waals surface area contributed by atoms with E-state index in [0.29, 0.717) is 11.3 Å². The van der Waals surface area contributed by atoms with Crippen molar-refractivity contribution in [2.45, 2.75) is 4.90 Å². The number of carbonyl (C=O) groups excluding carboxylic acids is 3. The van der Waals surface area contributed by atoms with Crippen LogP contribution in [-0.2, 0) is 9.53 Å². The molecule has 2 rings (SSSR count). The van der Waals surface area contributed by atoms with E-state index in [1.807, 2.05) is 6.26 Å². The van der Waals surface area contributed by atoms with E-state index in [0.717, 1.165) is 4.90 Å². The number of hydrogen-bond donors (Lipinski definition) is 2. The van der Waals surface area contributed by atoms with Crippen LogP contribution in [-0.4, -0.2) is 37.7 Å². The number of amides is 2. The summed E-state index contributed by atoms with van der Waals surface area (Å²) in [6.45, 7) is -0.469. The van der Waals surface area contributed by atoms with Crippen LogP contribution in [0.2, 0.25) is 5.02 Å². The van der Waals surface area contributed by atoms with E-state index in [-0.39, 0.29) is 16.5 Å². The van der Waals surface area contributed by atoms with Crippen LogP contribution in [0.5, 0.6) is 0 Å². The summed E-state index contributed by atoms with van der Waals surface area (Å²) in [6.07, 6.45) is 1.87. The Bertz CT molecular complexity index is 842. The molecule has 0 unspecified atom stereocenters.